The first-order chi connectivity index (χ1) is 10.0. The van der Waals surface area contributed by atoms with Gasteiger partial charge in [0.2, 0.25) is 0 Å². The van der Waals surface area contributed by atoms with Crippen LogP contribution in [0.15, 0.2) is 6.33 Å². The molecule has 1 atom stereocenters. The van der Waals surface area contributed by atoms with Crippen LogP contribution in [0.3, 0.4) is 0 Å². The van der Waals surface area contributed by atoms with Gasteiger partial charge in [-0.05, 0) is 30.7 Å². The lowest BCUT2D eigenvalue weighted by Crippen LogP contribution is -2.29. The molecule has 5 heteroatoms. The Morgan fingerprint density at radius 1 is 1.24 bits per heavy atom. The SMILES string of the molecule is COCCNCC(Cc1ncnn1CC(C)C)CC(C)C. The van der Waals surface area contributed by atoms with E-state index < -0.39 is 0 Å². The predicted octanol–water partition coefficient (Wildman–Crippen LogP) is 2.37. The van der Waals surface area contributed by atoms with Crippen LogP contribution >= 0.6 is 0 Å². The zero-order valence-corrected chi connectivity index (χ0v) is 14.3. The predicted molar refractivity (Wildman–Crippen MR) is 86.3 cm³/mol. The van der Waals surface area contributed by atoms with Gasteiger partial charge in [-0.3, -0.25) is 0 Å². The number of rotatable bonds is 11. The van der Waals surface area contributed by atoms with Gasteiger partial charge in [0.25, 0.3) is 0 Å². The number of methoxy groups -OCH3 is 1. The average Bonchev–Trinajstić information content (AvgIpc) is 2.80. The third kappa shape index (κ3) is 7.58. The van der Waals surface area contributed by atoms with Gasteiger partial charge in [-0.2, -0.15) is 5.10 Å². The first kappa shape index (κ1) is 18.1. The molecule has 5 nitrogen and oxygen atoms in total. The minimum absolute atomic E-state index is 0.592. The number of aromatic nitrogens is 3. The van der Waals surface area contributed by atoms with Gasteiger partial charge in [-0.15, -0.1) is 0 Å². The number of nitrogens with zero attached hydrogens (tertiary/aromatic N) is 3. The van der Waals surface area contributed by atoms with E-state index in [1.807, 2.05) is 0 Å². The van der Waals surface area contributed by atoms with Crippen LogP contribution in [-0.2, 0) is 17.7 Å². The van der Waals surface area contributed by atoms with Gasteiger partial charge in [0, 0.05) is 26.6 Å². The third-order valence-electron chi connectivity index (χ3n) is 3.43. The summed E-state index contributed by atoms with van der Waals surface area (Å²) in [5, 5.41) is 7.85. The van der Waals surface area contributed by atoms with Crippen molar-refractivity contribution in [3.8, 4) is 0 Å². The van der Waals surface area contributed by atoms with E-state index in [2.05, 4.69) is 47.8 Å². The molecule has 0 aliphatic rings. The number of hydrogen-bond donors (Lipinski definition) is 1. The molecular weight excluding hydrogens is 264 g/mol. The first-order valence-corrected chi connectivity index (χ1v) is 8.09. The Bertz CT molecular complexity index is 376. The maximum Gasteiger partial charge on any atom is 0.138 e. The normalized spacial score (nSPS) is 13.3. The Kier molecular flexibility index (Phi) is 8.54. The van der Waals surface area contributed by atoms with Gasteiger partial charge >= 0.3 is 0 Å². The van der Waals surface area contributed by atoms with Gasteiger partial charge in [-0.1, -0.05) is 27.7 Å². The topological polar surface area (TPSA) is 52.0 Å². The smallest absolute Gasteiger partial charge is 0.138 e. The van der Waals surface area contributed by atoms with Crippen LogP contribution < -0.4 is 5.32 Å². The number of hydrogen-bond acceptors (Lipinski definition) is 4. The van der Waals surface area contributed by atoms with Crippen molar-refractivity contribution in [3.63, 3.8) is 0 Å². The van der Waals surface area contributed by atoms with Crippen LogP contribution in [0, 0.1) is 17.8 Å². The summed E-state index contributed by atoms with van der Waals surface area (Å²) in [6, 6.07) is 0. The van der Waals surface area contributed by atoms with Crippen LogP contribution in [0.4, 0.5) is 0 Å². The fraction of sp³-hybridized carbons (Fsp3) is 0.875. The van der Waals surface area contributed by atoms with Crippen molar-refractivity contribution in [2.45, 2.75) is 47.1 Å². The highest BCUT2D eigenvalue weighted by Crippen LogP contribution is 2.16. The Morgan fingerprint density at radius 2 is 2.00 bits per heavy atom. The van der Waals surface area contributed by atoms with E-state index in [1.54, 1.807) is 13.4 Å². The van der Waals surface area contributed by atoms with Crippen molar-refractivity contribution in [1.29, 1.82) is 0 Å². The fourth-order valence-corrected chi connectivity index (χ4v) is 2.59. The summed E-state index contributed by atoms with van der Waals surface area (Å²) in [5.74, 6) is 2.99. The Hall–Kier alpha value is -0.940. The number of nitrogens with one attached hydrogen (secondary N) is 1. The molecule has 1 aromatic rings. The zero-order chi connectivity index (χ0) is 15.7. The second-order valence-corrected chi connectivity index (χ2v) is 6.65. The van der Waals surface area contributed by atoms with Gasteiger partial charge in [-0.25, -0.2) is 9.67 Å². The summed E-state index contributed by atoms with van der Waals surface area (Å²) in [6.45, 7) is 12.6. The van der Waals surface area contributed by atoms with Gasteiger partial charge in [0.05, 0.1) is 6.61 Å². The number of ether oxygens (including phenoxy) is 1. The molecule has 0 bridgehead atoms. The standard InChI is InChI=1S/C16H32N4O/c1-13(2)8-15(10-17-6-7-21-5)9-16-18-12-19-20(16)11-14(3)4/h12-15,17H,6-11H2,1-5H3. The molecule has 0 aliphatic heterocycles. The quantitative estimate of drug-likeness (QED) is 0.637. The Labute approximate surface area is 129 Å². The zero-order valence-electron chi connectivity index (χ0n) is 14.3. The van der Waals surface area contributed by atoms with Crippen LogP contribution in [0.1, 0.15) is 39.9 Å². The van der Waals surface area contributed by atoms with Crippen LogP contribution in [-0.4, -0.2) is 41.6 Å². The molecule has 1 heterocycles. The van der Waals surface area contributed by atoms with Crippen molar-refractivity contribution in [2.24, 2.45) is 17.8 Å². The Morgan fingerprint density at radius 3 is 2.62 bits per heavy atom. The first-order valence-electron chi connectivity index (χ1n) is 8.09. The minimum atomic E-state index is 0.592. The van der Waals surface area contributed by atoms with E-state index in [1.165, 1.54) is 6.42 Å². The van der Waals surface area contributed by atoms with Crippen molar-refractivity contribution in [2.75, 3.05) is 26.8 Å². The largest absolute Gasteiger partial charge is 0.383 e. The molecular formula is C16H32N4O. The molecule has 21 heavy (non-hydrogen) atoms. The molecule has 0 aliphatic carbocycles. The third-order valence-corrected chi connectivity index (χ3v) is 3.43. The van der Waals surface area contributed by atoms with E-state index in [0.29, 0.717) is 17.8 Å². The molecule has 1 unspecified atom stereocenters. The lowest BCUT2D eigenvalue weighted by Gasteiger charge is -2.20. The minimum Gasteiger partial charge on any atom is -0.383 e. The lowest BCUT2D eigenvalue weighted by atomic mass is 9.93. The van der Waals surface area contributed by atoms with E-state index in [-0.39, 0.29) is 0 Å². The fourth-order valence-electron chi connectivity index (χ4n) is 2.59. The van der Waals surface area contributed by atoms with Gasteiger partial charge < -0.3 is 10.1 Å². The van der Waals surface area contributed by atoms with E-state index >= 15 is 0 Å². The van der Waals surface area contributed by atoms with Crippen LogP contribution in [0.2, 0.25) is 0 Å². The van der Waals surface area contributed by atoms with Gasteiger partial charge in [0.1, 0.15) is 12.2 Å². The monoisotopic (exact) mass is 296 g/mol. The summed E-state index contributed by atoms with van der Waals surface area (Å²) < 4.78 is 7.15. The highest BCUT2D eigenvalue weighted by atomic mass is 16.5. The molecule has 0 radical (unpaired) electrons. The molecule has 0 saturated carbocycles. The van der Waals surface area contributed by atoms with E-state index in [9.17, 15) is 0 Å². The molecule has 122 valence electrons. The van der Waals surface area contributed by atoms with Gasteiger partial charge in [0.15, 0.2) is 0 Å². The lowest BCUT2D eigenvalue weighted by molar-refractivity contribution is 0.196. The van der Waals surface area contributed by atoms with Crippen molar-refractivity contribution >= 4 is 0 Å². The van der Waals surface area contributed by atoms with Crippen LogP contribution in [0.25, 0.3) is 0 Å². The second-order valence-electron chi connectivity index (χ2n) is 6.65. The van der Waals surface area contributed by atoms with Crippen LogP contribution in [0.5, 0.6) is 0 Å². The summed E-state index contributed by atoms with van der Waals surface area (Å²) in [6.07, 6.45) is 3.88. The molecule has 0 fully saturated rings. The highest BCUT2D eigenvalue weighted by molar-refractivity contribution is 4.88. The second kappa shape index (κ2) is 9.90. The maximum absolute atomic E-state index is 5.08. The Balaban J connectivity index is 2.56. The van der Waals surface area contributed by atoms with E-state index in [0.717, 1.165) is 38.5 Å². The van der Waals surface area contributed by atoms with Crippen molar-refractivity contribution in [3.05, 3.63) is 12.2 Å². The molecule has 0 aromatic carbocycles. The summed E-state index contributed by atoms with van der Waals surface area (Å²) in [5.41, 5.74) is 0. The molecule has 0 amide bonds. The highest BCUT2D eigenvalue weighted by Gasteiger charge is 2.16. The van der Waals surface area contributed by atoms with Crippen molar-refractivity contribution in [1.82, 2.24) is 20.1 Å². The maximum atomic E-state index is 5.08. The molecule has 1 aromatic heterocycles. The van der Waals surface area contributed by atoms with E-state index in [4.69, 9.17) is 4.74 Å². The summed E-state index contributed by atoms with van der Waals surface area (Å²) >= 11 is 0. The molecule has 0 spiro atoms. The molecule has 0 saturated heterocycles. The molecule has 1 N–H and O–H groups in total. The summed E-state index contributed by atoms with van der Waals surface area (Å²) in [4.78, 5) is 4.46. The summed E-state index contributed by atoms with van der Waals surface area (Å²) in [7, 11) is 1.74. The average molecular weight is 296 g/mol. The molecule has 1 rings (SSSR count). The van der Waals surface area contributed by atoms with Crippen molar-refractivity contribution < 1.29 is 4.74 Å².